The average molecular weight is 290 g/mol. The first-order valence-corrected chi connectivity index (χ1v) is 6.04. The molecule has 0 radical (unpaired) electrons. The van der Waals surface area contributed by atoms with Crippen LogP contribution in [0.5, 0.6) is 0 Å². The summed E-state index contributed by atoms with van der Waals surface area (Å²) in [6, 6.07) is 4.69. The Morgan fingerprint density at radius 1 is 1.28 bits per heavy atom. The van der Waals surface area contributed by atoms with Crippen molar-refractivity contribution >= 4 is 40.8 Å². The molecule has 1 aromatic rings. The number of anilines is 1. The van der Waals surface area contributed by atoms with Crippen LogP contribution >= 0.6 is 23.2 Å². The van der Waals surface area contributed by atoms with E-state index in [2.05, 4.69) is 0 Å². The fourth-order valence-electron chi connectivity index (χ4n) is 1.46. The summed E-state index contributed by atoms with van der Waals surface area (Å²) < 4.78 is 0. The highest BCUT2D eigenvalue weighted by Crippen LogP contribution is 2.26. The van der Waals surface area contributed by atoms with E-state index in [1.54, 1.807) is 18.2 Å². The van der Waals surface area contributed by atoms with Gasteiger partial charge in [-0.15, -0.1) is 0 Å². The van der Waals surface area contributed by atoms with Crippen LogP contribution in [0.4, 0.5) is 5.69 Å². The Morgan fingerprint density at radius 3 is 2.17 bits per heavy atom. The minimum atomic E-state index is -0.964. The molecule has 98 valence electrons. The fraction of sp³-hybridized carbons (Fsp3) is 0.333. The zero-order valence-corrected chi connectivity index (χ0v) is 11.5. The second-order valence-corrected chi connectivity index (χ2v) is 4.87. The fourth-order valence-corrected chi connectivity index (χ4v) is 1.98. The van der Waals surface area contributed by atoms with E-state index in [4.69, 9.17) is 28.3 Å². The summed E-state index contributed by atoms with van der Waals surface area (Å²) in [7, 11) is 0. The van der Waals surface area contributed by atoms with Crippen LogP contribution in [-0.2, 0) is 9.59 Å². The van der Waals surface area contributed by atoms with Crippen molar-refractivity contribution in [2.45, 2.75) is 13.8 Å². The molecule has 0 aliphatic heterocycles. The van der Waals surface area contributed by atoms with E-state index < -0.39 is 11.9 Å². The van der Waals surface area contributed by atoms with Crippen molar-refractivity contribution in [3.63, 3.8) is 0 Å². The van der Waals surface area contributed by atoms with Gasteiger partial charge in [-0.2, -0.15) is 0 Å². The number of hydrogen-bond acceptors (Lipinski definition) is 2. The third-order valence-electron chi connectivity index (χ3n) is 2.42. The van der Waals surface area contributed by atoms with Gasteiger partial charge >= 0.3 is 5.97 Å². The number of rotatable bonds is 4. The quantitative estimate of drug-likeness (QED) is 0.927. The molecule has 1 aromatic carbocycles. The van der Waals surface area contributed by atoms with Crippen LogP contribution in [0.2, 0.25) is 10.0 Å². The van der Waals surface area contributed by atoms with Crippen LogP contribution in [0.25, 0.3) is 0 Å². The zero-order chi connectivity index (χ0) is 13.9. The van der Waals surface area contributed by atoms with Crippen LogP contribution in [-0.4, -0.2) is 23.5 Å². The number of benzene rings is 1. The van der Waals surface area contributed by atoms with Crippen LogP contribution in [0.1, 0.15) is 13.8 Å². The van der Waals surface area contributed by atoms with Crippen molar-refractivity contribution in [1.82, 2.24) is 0 Å². The van der Waals surface area contributed by atoms with Gasteiger partial charge in [0, 0.05) is 29.2 Å². The van der Waals surface area contributed by atoms with E-state index >= 15 is 0 Å². The normalized spacial score (nSPS) is 12.0. The number of amides is 1. The lowest BCUT2D eigenvalue weighted by molar-refractivity contribution is -0.140. The largest absolute Gasteiger partial charge is 0.481 e. The smallest absolute Gasteiger partial charge is 0.308 e. The lowest BCUT2D eigenvalue weighted by Gasteiger charge is -2.23. The first-order chi connectivity index (χ1) is 8.31. The Morgan fingerprint density at radius 2 is 1.78 bits per heavy atom. The molecule has 0 heterocycles. The number of halogens is 2. The highest BCUT2D eigenvalue weighted by atomic mass is 35.5. The molecule has 0 saturated carbocycles. The van der Waals surface area contributed by atoms with E-state index in [1.165, 1.54) is 18.7 Å². The second-order valence-electron chi connectivity index (χ2n) is 4.00. The predicted octanol–water partition coefficient (Wildman–Crippen LogP) is 3.07. The van der Waals surface area contributed by atoms with Crippen LogP contribution in [0, 0.1) is 5.92 Å². The summed E-state index contributed by atoms with van der Waals surface area (Å²) >= 11 is 11.7. The third-order valence-corrected chi connectivity index (χ3v) is 2.85. The SMILES string of the molecule is CC(=O)N(CC(C)C(=O)O)c1cc(Cl)cc(Cl)c1. The van der Waals surface area contributed by atoms with E-state index in [0.717, 1.165) is 0 Å². The van der Waals surface area contributed by atoms with E-state index in [1.807, 2.05) is 0 Å². The molecule has 1 unspecified atom stereocenters. The molecule has 1 rings (SSSR count). The topological polar surface area (TPSA) is 57.6 Å². The third kappa shape index (κ3) is 3.89. The summed E-state index contributed by atoms with van der Waals surface area (Å²) in [6.07, 6.45) is 0. The van der Waals surface area contributed by atoms with Crippen LogP contribution in [0.15, 0.2) is 18.2 Å². The number of carboxylic acid groups (broad SMARTS) is 1. The summed E-state index contributed by atoms with van der Waals surface area (Å²) in [4.78, 5) is 23.7. The molecule has 0 fully saturated rings. The molecule has 0 aromatic heterocycles. The van der Waals surface area contributed by atoms with Crippen molar-refractivity contribution in [3.8, 4) is 0 Å². The van der Waals surface area contributed by atoms with Gasteiger partial charge in [0.15, 0.2) is 0 Å². The van der Waals surface area contributed by atoms with E-state index in [0.29, 0.717) is 15.7 Å². The summed E-state index contributed by atoms with van der Waals surface area (Å²) in [5, 5.41) is 9.67. The Hall–Kier alpha value is -1.26. The van der Waals surface area contributed by atoms with Crippen molar-refractivity contribution < 1.29 is 14.7 Å². The van der Waals surface area contributed by atoms with Gasteiger partial charge in [0.1, 0.15) is 0 Å². The average Bonchev–Trinajstić information content (AvgIpc) is 2.23. The lowest BCUT2D eigenvalue weighted by Crippen LogP contribution is -2.35. The molecular weight excluding hydrogens is 277 g/mol. The van der Waals surface area contributed by atoms with Gasteiger partial charge in [-0.3, -0.25) is 9.59 Å². The molecule has 18 heavy (non-hydrogen) atoms. The highest BCUT2D eigenvalue weighted by Gasteiger charge is 2.20. The van der Waals surface area contributed by atoms with Gasteiger partial charge < -0.3 is 10.0 Å². The summed E-state index contributed by atoms with van der Waals surface area (Å²) in [6.45, 7) is 2.97. The Labute approximate surface area is 115 Å². The monoisotopic (exact) mass is 289 g/mol. The highest BCUT2D eigenvalue weighted by molar-refractivity contribution is 6.35. The van der Waals surface area contributed by atoms with Crippen LogP contribution in [0.3, 0.4) is 0 Å². The van der Waals surface area contributed by atoms with Gasteiger partial charge in [0.2, 0.25) is 5.91 Å². The van der Waals surface area contributed by atoms with Gasteiger partial charge in [-0.05, 0) is 18.2 Å². The second kappa shape index (κ2) is 6.07. The first kappa shape index (κ1) is 14.8. The Bertz CT molecular complexity index is 456. The molecule has 1 amide bonds. The molecule has 1 N–H and O–H groups in total. The molecule has 0 spiro atoms. The minimum absolute atomic E-state index is 0.0708. The van der Waals surface area contributed by atoms with Crippen molar-refractivity contribution in [1.29, 1.82) is 0 Å². The number of carboxylic acids is 1. The molecule has 0 saturated heterocycles. The molecule has 0 aliphatic carbocycles. The summed E-state index contributed by atoms with van der Waals surface area (Å²) in [5.74, 6) is -1.90. The van der Waals surface area contributed by atoms with E-state index in [9.17, 15) is 9.59 Å². The maximum absolute atomic E-state index is 11.6. The van der Waals surface area contributed by atoms with Gasteiger partial charge in [-0.25, -0.2) is 0 Å². The number of carbonyl (C=O) groups excluding carboxylic acids is 1. The molecule has 1 atom stereocenters. The van der Waals surface area contributed by atoms with E-state index in [-0.39, 0.29) is 12.5 Å². The predicted molar refractivity (Wildman–Crippen MR) is 71.3 cm³/mol. The Kier molecular flexibility index (Phi) is 4.99. The van der Waals surface area contributed by atoms with Crippen molar-refractivity contribution in [2.75, 3.05) is 11.4 Å². The standard InChI is InChI=1S/C12H13Cl2NO3/c1-7(12(17)18)6-15(8(2)16)11-4-9(13)3-10(14)5-11/h3-5,7H,6H2,1-2H3,(H,17,18). The lowest BCUT2D eigenvalue weighted by atomic mass is 10.1. The number of carbonyl (C=O) groups is 2. The molecule has 4 nitrogen and oxygen atoms in total. The minimum Gasteiger partial charge on any atom is -0.481 e. The number of nitrogens with zero attached hydrogens (tertiary/aromatic N) is 1. The maximum Gasteiger partial charge on any atom is 0.308 e. The molecule has 0 aliphatic rings. The van der Waals surface area contributed by atoms with Gasteiger partial charge in [0.05, 0.1) is 5.92 Å². The number of hydrogen-bond donors (Lipinski definition) is 1. The summed E-state index contributed by atoms with van der Waals surface area (Å²) in [5.41, 5.74) is 0.494. The zero-order valence-electron chi connectivity index (χ0n) is 9.98. The van der Waals surface area contributed by atoms with Gasteiger partial charge in [0.25, 0.3) is 0 Å². The first-order valence-electron chi connectivity index (χ1n) is 5.28. The molecular formula is C12H13Cl2NO3. The van der Waals surface area contributed by atoms with Crippen LogP contribution < -0.4 is 4.90 Å². The van der Waals surface area contributed by atoms with Crippen molar-refractivity contribution in [2.24, 2.45) is 5.92 Å². The Balaban J connectivity index is 3.04. The van der Waals surface area contributed by atoms with Crippen molar-refractivity contribution in [3.05, 3.63) is 28.2 Å². The van der Waals surface area contributed by atoms with Gasteiger partial charge in [-0.1, -0.05) is 30.1 Å². The maximum atomic E-state index is 11.6. The molecule has 0 bridgehead atoms. The molecule has 6 heteroatoms. The number of aliphatic carboxylic acids is 1.